The number of anilines is 1. The van der Waals surface area contributed by atoms with Gasteiger partial charge in [0.15, 0.2) is 0 Å². The Hall–Kier alpha value is -2.03. The molecule has 2 aromatic carbocycles. The molecule has 0 aliphatic carbocycles. The number of nitrogens with zero attached hydrogens (tertiary/aromatic N) is 1. The average molecular weight is 242 g/mol. The van der Waals surface area contributed by atoms with E-state index in [4.69, 9.17) is 5.73 Å². The topological polar surface area (TPSA) is 46.3 Å². The lowest BCUT2D eigenvalue weighted by Crippen LogP contribution is -2.27. The number of rotatable bonds is 5. The van der Waals surface area contributed by atoms with Crippen molar-refractivity contribution in [2.24, 2.45) is 5.73 Å². The maximum Gasteiger partial charge on any atom is 0.219 e. The number of nitrogens with two attached hydrogens (primary N) is 1. The Morgan fingerprint density at radius 2 is 1.89 bits per heavy atom. The molecular weight excluding hydrogens is 224 g/mol. The van der Waals surface area contributed by atoms with E-state index < -0.39 is 0 Å². The van der Waals surface area contributed by atoms with Gasteiger partial charge in [0.1, 0.15) is 0 Å². The van der Waals surface area contributed by atoms with Gasteiger partial charge in [-0.15, -0.1) is 0 Å². The van der Waals surface area contributed by atoms with Crippen LogP contribution >= 0.6 is 0 Å². The van der Waals surface area contributed by atoms with Crippen LogP contribution in [0.1, 0.15) is 13.3 Å². The van der Waals surface area contributed by atoms with Gasteiger partial charge in [-0.1, -0.05) is 36.4 Å². The predicted octanol–water partition coefficient (Wildman–Crippen LogP) is 2.54. The fourth-order valence-corrected chi connectivity index (χ4v) is 2.18. The second-order valence-corrected chi connectivity index (χ2v) is 4.29. The number of amides is 1. The fraction of sp³-hybridized carbons (Fsp3) is 0.267. The van der Waals surface area contributed by atoms with Crippen LogP contribution in [0.5, 0.6) is 0 Å². The molecule has 2 aromatic rings. The van der Waals surface area contributed by atoms with Gasteiger partial charge >= 0.3 is 0 Å². The smallest absolute Gasteiger partial charge is 0.219 e. The van der Waals surface area contributed by atoms with E-state index in [1.807, 2.05) is 18.2 Å². The zero-order valence-corrected chi connectivity index (χ0v) is 10.6. The van der Waals surface area contributed by atoms with Crippen LogP contribution in [-0.2, 0) is 4.79 Å². The highest BCUT2D eigenvalue weighted by Crippen LogP contribution is 2.26. The van der Waals surface area contributed by atoms with E-state index in [0.29, 0.717) is 13.0 Å². The van der Waals surface area contributed by atoms with Gasteiger partial charge in [-0.2, -0.15) is 0 Å². The minimum atomic E-state index is -0.256. The normalized spacial score (nSPS) is 10.5. The van der Waals surface area contributed by atoms with Crippen molar-refractivity contribution >= 4 is 22.4 Å². The van der Waals surface area contributed by atoms with E-state index in [0.717, 1.165) is 12.2 Å². The van der Waals surface area contributed by atoms with Crippen molar-refractivity contribution < 1.29 is 4.79 Å². The fourth-order valence-electron chi connectivity index (χ4n) is 2.18. The Bertz CT molecular complexity index is 546. The Kier molecular flexibility index (Phi) is 3.82. The van der Waals surface area contributed by atoms with Crippen molar-refractivity contribution in [1.29, 1.82) is 0 Å². The molecule has 3 nitrogen and oxygen atoms in total. The summed E-state index contributed by atoms with van der Waals surface area (Å²) < 4.78 is 0. The average Bonchev–Trinajstić information content (AvgIpc) is 2.39. The molecule has 0 bridgehead atoms. The van der Waals surface area contributed by atoms with Gasteiger partial charge < -0.3 is 10.6 Å². The molecule has 0 saturated heterocycles. The molecule has 2 rings (SSSR count). The zero-order chi connectivity index (χ0) is 13.0. The van der Waals surface area contributed by atoms with Crippen LogP contribution in [0.4, 0.5) is 5.69 Å². The Morgan fingerprint density at radius 1 is 1.17 bits per heavy atom. The largest absolute Gasteiger partial charge is 0.371 e. The lowest BCUT2D eigenvalue weighted by atomic mass is 10.1. The minimum absolute atomic E-state index is 0.256. The van der Waals surface area contributed by atoms with Crippen molar-refractivity contribution in [3.8, 4) is 0 Å². The highest BCUT2D eigenvalue weighted by molar-refractivity contribution is 5.94. The maximum atomic E-state index is 10.9. The third kappa shape index (κ3) is 2.62. The molecule has 0 aromatic heterocycles. The van der Waals surface area contributed by atoms with Gasteiger partial charge in [-0.25, -0.2) is 0 Å². The molecule has 3 heteroatoms. The summed E-state index contributed by atoms with van der Waals surface area (Å²) in [6, 6.07) is 14.5. The summed E-state index contributed by atoms with van der Waals surface area (Å²) in [5, 5.41) is 2.43. The molecule has 0 spiro atoms. The molecule has 0 aliphatic rings. The van der Waals surface area contributed by atoms with Gasteiger partial charge in [-0.05, 0) is 18.4 Å². The molecule has 0 saturated carbocycles. The zero-order valence-electron chi connectivity index (χ0n) is 10.6. The molecular formula is C15H18N2O. The molecule has 94 valence electrons. The van der Waals surface area contributed by atoms with Crippen LogP contribution in [0.25, 0.3) is 10.8 Å². The van der Waals surface area contributed by atoms with E-state index in [9.17, 15) is 4.79 Å². The first-order valence-corrected chi connectivity index (χ1v) is 6.23. The molecule has 18 heavy (non-hydrogen) atoms. The summed E-state index contributed by atoms with van der Waals surface area (Å²) in [5.74, 6) is -0.256. The summed E-state index contributed by atoms with van der Waals surface area (Å²) in [6.07, 6.45) is 0.386. The quantitative estimate of drug-likeness (QED) is 0.875. The van der Waals surface area contributed by atoms with E-state index in [1.54, 1.807) is 0 Å². The van der Waals surface area contributed by atoms with Crippen LogP contribution in [0.3, 0.4) is 0 Å². The first-order chi connectivity index (χ1) is 8.72. The first-order valence-electron chi connectivity index (χ1n) is 6.23. The third-order valence-electron chi connectivity index (χ3n) is 3.12. The molecule has 0 aliphatic heterocycles. The van der Waals surface area contributed by atoms with Gasteiger partial charge in [0, 0.05) is 30.6 Å². The minimum Gasteiger partial charge on any atom is -0.371 e. The number of hydrogen-bond donors (Lipinski definition) is 1. The Balaban J connectivity index is 2.35. The number of carbonyl (C=O) groups is 1. The van der Waals surface area contributed by atoms with Crippen LogP contribution in [0.2, 0.25) is 0 Å². The van der Waals surface area contributed by atoms with Gasteiger partial charge in [0.25, 0.3) is 0 Å². The predicted molar refractivity (Wildman–Crippen MR) is 75.6 cm³/mol. The number of carbonyl (C=O) groups excluding carboxylic acids is 1. The van der Waals surface area contributed by atoms with Crippen molar-refractivity contribution in [3.05, 3.63) is 42.5 Å². The summed E-state index contributed by atoms with van der Waals surface area (Å²) in [7, 11) is 0. The van der Waals surface area contributed by atoms with Gasteiger partial charge in [0.2, 0.25) is 5.91 Å². The second kappa shape index (κ2) is 5.54. The molecule has 0 unspecified atom stereocenters. The number of benzene rings is 2. The lowest BCUT2D eigenvalue weighted by molar-refractivity contribution is -0.117. The van der Waals surface area contributed by atoms with Crippen molar-refractivity contribution in [2.75, 3.05) is 18.0 Å². The van der Waals surface area contributed by atoms with Crippen LogP contribution < -0.4 is 10.6 Å². The SMILES string of the molecule is CCN(CCC(N)=O)c1cccc2ccccc12. The molecule has 2 N–H and O–H groups in total. The Labute approximate surface area is 107 Å². The van der Waals surface area contributed by atoms with Crippen LogP contribution in [0, 0.1) is 0 Å². The number of hydrogen-bond acceptors (Lipinski definition) is 2. The van der Waals surface area contributed by atoms with Crippen molar-refractivity contribution in [2.45, 2.75) is 13.3 Å². The monoisotopic (exact) mass is 242 g/mol. The van der Waals surface area contributed by atoms with Crippen LogP contribution in [0.15, 0.2) is 42.5 Å². The Morgan fingerprint density at radius 3 is 2.61 bits per heavy atom. The molecule has 1 amide bonds. The molecule has 0 fully saturated rings. The highest BCUT2D eigenvalue weighted by atomic mass is 16.1. The van der Waals surface area contributed by atoms with E-state index in [2.05, 4.69) is 36.1 Å². The van der Waals surface area contributed by atoms with Gasteiger partial charge in [0.05, 0.1) is 0 Å². The summed E-state index contributed by atoms with van der Waals surface area (Å²) in [6.45, 7) is 3.61. The second-order valence-electron chi connectivity index (χ2n) is 4.29. The standard InChI is InChI=1S/C15H18N2O/c1-2-17(11-10-15(16)18)14-9-5-7-12-6-3-4-8-13(12)14/h3-9H,2,10-11H2,1H3,(H2,16,18). The molecule has 0 heterocycles. The maximum absolute atomic E-state index is 10.9. The van der Waals surface area contributed by atoms with Gasteiger partial charge in [-0.3, -0.25) is 4.79 Å². The first kappa shape index (κ1) is 12.4. The summed E-state index contributed by atoms with van der Waals surface area (Å²) in [4.78, 5) is 13.1. The molecule has 0 atom stereocenters. The summed E-state index contributed by atoms with van der Waals surface area (Å²) >= 11 is 0. The number of fused-ring (bicyclic) bond motifs is 1. The van der Waals surface area contributed by atoms with E-state index >= 15 is 0 Å². The van der Waals surface area contributed by atoms with E-state index in [-0.39, 0.29) is 5.91 Å². The molecule has 0 radical (unpaired) electrons. The van der Waals surface area contributed by atoms with Crippen LogP contribution in [-0.4, -0.2) is 19.0 Å². The van der Waals surface area contributed by atoms with Crippen molar-refractivity contribution in [3.63, 3.8) is 0 Å². The van der Waals surface area contributed by atoms with E-state index in [1.165, 1.54) is 10.8 Å². The third-order valence-corrected chi connectivity index (χ3v) is 3.12. The summed E-state index contributed by atoms with van der Waals surface area (Å²) in [5.41, 5.74) is 6.38. The highest BCUT2D eigenvalue weighted by Gasteiger charge is 2.08. The lowest BCUT2D eigenvalue weighted by Gasteiger charge is -2.24. The van der Waals surface area contributed by atoms with Crippen molar-refractivity contribution in [1.82, 2.24) is 0 Å². The number of primary amides is 1.